The van der Waals surface area contributed by atoms with Crippen molar-refractivity contribution in [2.24, 2.45) is 11.7 Å². The highest BCUT2D eigenvalue weighted by Crippen LogP contribution is 2.42. The van der Waals surface area contributed by atoms with Crippen LogP contribution in [-0.2, 0) is 25.3 Å². The third-order valence-corrected chi connectivity index (χ3v) is 11.9. The maximum absolute atomic E-state index is 14.6. The number of likely N-dealkylation sites (N-methyl/N-ethyl adjacent to an activating group) is 1. The first-order valence-electron chi connectivity index (χ1n) is 18.4. The standard InChI is InChI=1S/C41H51Cl2N3O7/c1-5-46(37(47)28-12-8-6-9-13-28)41(31-16-17-32(42)33(43)26-31,27-53-38(48)29-24-34(50-2)36(52-4)35(25-29)51-3)20-23-45-21-18-40(19-22-45,39(44)49)30-14-10-7-11-15-30/h7,10-11,14-17,24-26,28H,5-6,8-9,12-13,18-23,27H2,1-4H3,(H2,44,49). The molecule has 2 N–H and O–H groups in total. The van der Waals surface area contributed by atoms with Crippen LogP contribution in [0.1, 0.15) is 79.8 Å². The summed E-state index contributed by atoms with van der Waals surface area (Å²) in [6.07, 6.45) is 6.21. The van der Waals surface area contributed by atoms with E-state index in [0.29, 0.717) is 78.3 Å². The summed E-state index contributed by atoms with van der Waals surface area (Å²) in [5.41, 5.74) is 6.01. The third-order valence-electron chi connectivity index (χ3n) is 11.2. The molecule has 0 spiro atoms. The number of rotatable bonds is 15. The Hall–Kier alpha value is -3.99. The number of likely N-dealkylation sites (tertiary alicyclic amines) is 1. The molecule has 0 bridgehead atoms. The smallest absolute Gasteiger partial charge is 0.338 e. The molecule has 1 aliphatic heterocycles. The predicted octanol–water partition coefficient (Wildman–Crippen LogP) is 7.41. The Balaban J connectivity index is 1.52. The third kappa shape index (κ3) is 8.55. The second-order valence-electron chi connectivity index (χ2n) is 14.0. The fourth-order valence-corrected chi connectivity index (χ4v) is 8.39. The molecule has 1 aliphatic carbocycles. The van der Waals surface area contributed by atoms with Crippen molar-refractivity contribution >= 4 is 41.0 Å². The average Bonchev–Trinajstić information content (AvgIpc) is 3.19. The van der Waals surface area contributed by atoms with Crippen LogP contribution in [0, 0.1) is 5.92 Å². The predicted molar refractivity (Wildman–Crippen MR) is 206 cm³/mol. The van der Waals surface area contributed by atoms with Crippen molar-refractivity contribution in [2.75, 3.05) is 54.1 Å². The molecule has 286 valence electrons. The van der Waals surface area contributed by atoms with E-state index in [1.807, 2.05) is 48.2 Å². The quantitative estimate of drug-likeness (QED) is 0.159. The zero-order chi connectivity index (χ0) is 38.2. The number of amides is 2. The van der Waals surface area contributed by atoms with Gasteiger partial charge in [0.25, 0.3) is 0 Å². The average molecular weight is 769 g/mol. The molecule has 1 unspecified atom stereocenters. The summed E-state index contributed by atoms with van der Waals surface area (Å²) in [6.45, 7) is 3.94. The number of benzene rings is 3. The minimum Gasteiger partial charge on any atom is -0.493 e. The number of carbonyl (C=O) groups is 3. The summed E-state index contributed by atoms with van der Waals surface area (Å²) in [4.78, 5) is 45.7. The molecule has 1 saturated carbocycles. The Kier molecular flexibility index (Phi) is 13.6. The van der Waals surface area contributed by atoms with Gasteiger partial charge in [-0.25, -0.2) is 4.79 Å². The molecule has 10 nitrogen and oxygen atoms in total. The highest BCUT2D eigenvalue weighted by Gasteiger charge is 2.46. The van der Waals surface area contributed by atoms with Crippen molar-refractivity contribution < 1.29 is 33.3 Å². The number of nitrogens with zero attached hydrogens (tertiary/aromatic N) is 2. The van der Waals surface area contributed by atoms with Gasteiger partial charge in [-0.2, -0.15) is 0 Å². The van der Waals surface area contributed by atoms with Crippen molar-refractivity contribution in [3.8, 4) is 17.2 Å². The van der Waals surface area contributed by atoms with Crippen LogP contribution in [0.25, 0.3) is 0 Å². The Morgan fingerprint density at radius 3 is 2.08 bits per heavy atom. The van der Waals surface area contributed by atoms with Crippen LogP contribution in [0.4, 0.5) is 0 Å². The second kappa shape index (κ2) is 17.9. The maximum atomic E-state index is 14.6. The van der Waals surface area contributed by atoms with E-state index in [4.69, 9.17) is 47.9 Å². The highest BCUT2D eigenvalue weighted by atomic mass is 35.5. The number of esters is 1. The lowest BCUT2D eigenvalue weighted by molar-refractivity contribution is -0.147. The molecule has 0 aromatic heterocycles. The monoisotopic (exact) mass is 767 g/mol. The molecule has 1 saturated heterocycles. The van der Waals surface area contributed by atoms with Crippen molar-refractivity contribution in [1.29, 1.82) is 0 Å². The minimum absolute atomic E-state index is 0.0255. The normalized spacial score (nSPS) is 17.3. The summed E-state index contributed by atoms with van der Waals surface area (Å²) < 4.78 is 22.7. The Morgan fingerprint density at radius 2 is 1.53 bits per heavy atom. The first-order valence-corrected chi connectivity index (χ1v) is 19.1. The van der Waals surface area contributed by atoms with Crippen molar-refractivity contribution in [3.05, 3.63) is 87.4 Å². The Labute approximate surface area is 322 Å². The van der Waals surface area contributed by atoms with E-state index >= 15 is 0 Å². The number of methoxy groups -OCH3 is 3. The number of halogens is 2. The summed E-state index contributed by atoms with van der Waals surface area (Å²) >= 11 is 13.1. The molecule has 53 heavy (non-hydrogen) atoms. The summed E-state index contributed by atoms with van der Waals surface area (Å²) in [5.74, 6) is -0.105. The summed E-state index contributed by atoms with van der Waals surface area (Å²) in [7, 11) is 4.45. The number of nitrogens with two attached hydrogens (primary N) is 1. The molecule has 12 heteroatoms. The largest absolute Gasteiger partial charge is 0.493 e. The van der Waals surface area contributed by atoms with Gasteiger partial charge in [0.2, 0.25) is 17.6 Å². The van der Waals surface area contributed by atoms with Gasteiger partial charge >= 0.3 is 5.97 Å². The fraction of sp³-hybridized carbons (Fsp3) is 0.488. The van der Waals surface area contributed by atoms with Gasteiger partial charge in [-0.15, -0.1) is 0 Å². The van der Waals surface area contributed by atoms with Gasteiger partial charge in [-0.05, 0) is 87.5 Å². The maximum Gasteiger partial charge on any atom is 0.338 e. The lowest BCUT2D eigenvalue weighted by atomic mass is 9.72. The molecule has 0 radical (unpaired) electrons. The van der Waals surface area contributed by atoms with Crippen LogP contribution in [0.2, 0.25) is 10.0 Å². The highest BCUT2D eigenvalue weighted by molar-refractivity contribution is 6.42. The van der Waals surface area contributed by atoms with Gasteiger partial charge in [-0.1, -0.05) is 78.9 Å². The first-order chi connectivity index (χ1) is 25.5. The number of carbonyl (C=O) groups excluding carboxylic acids is 3. The van der Waals surface area contributed by atoms with Crippen LogP contribution in [-0.4, -0.2) is 81.7 Å². The molecule has 5 rings (SSSR count). The summed E-state index contributed by atoms with van der Waals surface area (Å²) in [6, 6.07) is 18.2. The molecule has 2 amide bonds. The first kappa shape index (κ1) is 40.2. The Bertz CT molecular complexity index is 1720. The number of hydrogen-bond acceptors (Lipinski definition) is 8. The van der Waals surface area contributed by atoms with Crippen LogP contribution < -0.4 is 19.9 Å². The van der Waals surface area contributed by atoms with Gasteiger partial charge < -0.3 is 34.5 Å². The zero-order valence-electron chi connectivity index (χ0n) is 31.1. The second-order valence-corrected chi connectivity index (χ2v) is 14.8. The fourth-order valence-electron chi connectivity index (χ4n) is 8.10. The van der Waals surface area contributed by atoms with E-state index in [1.165, 1.54) is 21.3 Å². The lowest BCUT2D eigenvalue weighted by Gasteiger charge is -2.47. The zero-order valence-corrected chi connectivity index (χ0v) is 32.6. The van der Waals surface area contributed by atoms with Crippen molar-refractivity contribution in [3.63, 3.8) is 0 Å². The molecule has 3 aromatic carbocycles. The van der Waals surface area contributed by atoms with E-state index in [2.05, 4.69) is 4.90 Å². The van der Waals surface area contributed by atoms with Crippen LogP contribution in [0.15, 0.2) is 60.7 Å². The molecule has 2 aliphatic rings. The number of piperidine rings is 1. The van der Waals surface area contributed by atoms with Gasteiger partial charge in [0.05, 0.1) is 42.4 Å². The SMILES string of the molecule is CCN(C(=O)C1CCCCC1)C(CCN1CCC(C(N)=O)(c2ccccc2)CC1)(COC(=O)c1cc(OC)c(OC)c(OC)c1)c1ccc(Cl)c(Cl)c1. The molecule has 1 heterocycles. The number of primary amides is 1. The van der Waals surface area contributed by atoms with E-state index in [-0.39, 0.29) is 29.9 Å². The van der Waals surface area contributed by atoms with Crippen molar-refractivity contribution in [2.45, 2.75) is 69.2 Å². The van der Waals surface area contributed by atoms with Gasteiger partial charge in [0.1, 0.15) is 12.1 Å². The topological polar surface area (TPSA) is 121 Å². The summed E-state index contributed by atoms with van der Waals surface area (Å²) in [5, 5.41) is 0.706. The molecule has 3 aromatic rings. The number of hydrogen-bond donors (Lipinski definition) is 1. The van der Waals surface area contributed by atoms with E-state index < -0.39 is 16.9 Å². The van der Waals surface area contributed by atoms with Crippen LogP contribution >= 0.6 is 23.2 Å². The van der Waals surface area contributed by atoms with E-state index in [0.717, 1.165) is 37.7 Å². The van der Waals surface area contributed by atoms with Gasteiger partial charge in [0.15, 0.2) is 11.5 Å². The van der Waals surface area contributed by atoms with Crippen LogP contribution in [0.3, 0.4) is 0 Å². The van der Waals surface area contributed by atoms with Gasteiger partial charge in [0, 0.05) is 19.0 Å². The van der Waals surface area contributed by atoms with E-state index in [9.17, 15) is 14.4 Å². The van der Waals surface area contributed by atoms with Gasteiger partial charge in [-0.3, -0.25) is 9.59 Å². The molecule has 1 atom stereocenters. The van der Waals surface area contributed by atoms with Crippen LogP contribution in [0.5, 0.6) is 17.2 Å². The molecule has 2 fully saturated rings. The van der Waals surface area contributed by atoms with E-state index in [1.54, 1.807) is 24.3 Å². The molecular formula is C41H51Cl2N3O7. The molecular weight excluding hydrogens is 717 g/mol. The van der Waals surface area contributed by atoms with Crippen molar-refractivity contribution in [1.82, 2.24) is 9.80 Å². The Morgan fingerprint density at radius 1 is 0.887 bits per heavy atom. The minimum atomic E-state index is -1.12. The lowest BCUT2D eigenvalue weighted by Crippen LogP contribution is -2.56. The number of ether oxygens (including phenoxy) is 4.